The first-order valence-corrected chi connectivity index (χ1v) is 21.4. The van der Waals surface area contributed by atoms with Crippen molar-refractivity contribution in [3.63, 3.8) is 0 Å². The molecular formula is C48H46N4O9Si. The van der Waals surface area contributed by atoms with Gasteiger partial charge < -0.3 is 43.7 Å². The van der Waals surface area contributed by atoms with Crippen LogP contribution in [0.3, 0.4) is 0 Å². The van der Waals surface area contributed by atoms with E-state index in [1.165, 1.54) is 0 Å². The van der Waals surface area contributed by atoms with Crippen LogP contribution in [0.15, 0.2) is 130 Å². The zero-order chi connectivity index (χ0) is 44.3. The Morgan fingerprint density at radius 3 is 1.31 bits per heavy atom. The Labute approximate surface area is 358 Å². The standard InChI is InChI=1S/2C24H22N2O3.O3Si/c2*1-3-25-15-9-11-19-21(13-15)29-22-14-16(26-4-2)10-12-20(22)23(19)17-7-5-6-8-18(17)24(27)28;1-4(2)3/h2*5-14,25H,3-4H2,1-2H3,(H,27,28);/q;;-2/p+2. The fraction of sp³-hybridized carbons (Fsp3) is 0.167. The molecule has 4 aromatic rings. The van der Waals surface area contributed by atoms with Crippen molar-refractivity contribution < 1.29 is 52.7 Å². The summed E-state index contributed by atoms with van der Waals surface area (Å²) in [6.45, 7) is 11.4. The molecule has 0 unspecified atom stereocenters. The number of carbonyl (C=O) groups is 2. The Balaban J connectivity index is 0.000000191. The summed E-state index contributed by atoms with van der Waals surface area (Å²) in [5.41, 5.74) is 8.73. The van der Waals surface area contributed by atoms with Crippen molar-refractivity contribution in [3.8, 4) is 44.9 Å². The van der Waals surface area contributed by atoms with E-state index in [4.69, 9.17) is 22.9 Å². The van der Waals surface area contributed by atoms with Crippen LogP contribution in [-0.4, -0.2) is 57.5 Å². The molecule has 0 saturated carbocycles. The van der Waals surface area contributed by atoms with E-state index in [0.717, 1.165) is 81.3 Å². The molecule has 8 rings (SSSR count). The van der Waals surface area contributed by atoms with E-state index in [0.29, 0.717) is 33.8 Å². The van der Waals surface area contributed by atoms with Crippen molar-refractivity contribution in [2.75, 3.05) is 36.8 Å². The smallest absolute Gasteiger partial charge is 0.336 e. The molecule has 2 heterocycles. The highest BCUT2D eigenvalue weighted by atomic mass is 28.3. The minimum Gasteiger partial charge on any atom is -0.672 e. The summed E-state index contributed by atoms with van der Waals surface area (Å²) in [5.74, 6) is -0.480. The minimum absolute atomic E-state index is 0.271. The van der Waals surface area contributed by atoms with Gasteiger partial charge in [0.15, 0.2) is 0 Å². The maximum atomic E-state index is 11.9. The van der Waals surface area contributed by atoms with Crippen LogP contribution in [0.4, 0.5) is 11.4 Å². The highest BCUT2D eigenvalue weighted by Crippen LogP contribution is 2.43. The molecule has 6 N–H and O–H groups in total. The van der Waals surface area contributed by atoms with E-state index in [1.54, 1.807) is 24.3 Å². The lowest BCUT2D eigenvalue weighted by Crippen LogP contribution is -2.75. The maximum Gasteiger partial charge on any atom is 0.336 e. The number of carboxylic acids is 2. The molecule has 0 aromatic heterocycles. The number of benzene rings is 6. The molecule has 0 fully saturated rings. The summed E-state index contributed by atoms with van der Waals surface area (Å²) in [7, 11) is -3.63. The lowest BCUT2D eigenvalue weighted by atomic mass is 9.90. The third kappa shape index (κ3) is 9.88. The third-order valence-electron chi connectivity index (χ3n) is 9.82. The first kappa shape index (κ1) is 44.0. The molecule has 0 atom stereocenters. The van der Waals surface area contributed by atoms with Crippen LogP contribution < -0.4 is 40.9 Å². The van der Waals surface area contributed by atoms with E-state index in [9.17, 15) is 19.8 Å². The molecule has 0 radical (unpaired) electrons. The topological polar surface area (TPSA) is 216 Å². The van der Waals surface area contributed by atoms with Crippen LogP contribution in [0.2, 0.25) is 0 Å². The normalized spacial score (nSPS) is 11.5. The SMILES string of the molecule is CCNc1ccc2c(-c3ccccc3C(=O)O)c3ccc(=[NH+]CC)cc-3oc2c1.CCNc1ccc2c(-c3ccccc3C(=O)O)c3ccc(=[NH+]CC)cc-3oc2c1.O=[Si]([O-])[O-]. The van der Waals surface area contributed by atoms with Crippen molar-refractivity contribution in [1.82, 2.24) is 0 Å². The first-order chi connectivity index (χ1) is 30.0. The number of hydrogen-bond acceptors (Lipinski definition) is 9. The molecule has 13 nitrogen and oxygen atoms in total. The fourth-order valence-corrected chi connectivity index (χ4v) is 7.39. The van der Waals surface area contributed by atoms with E-state index < -0.39 is 21.1 Å². The molecule has 316 valence electrons. The number of aromatic carboxylic acids is 2. The molecule has 2 aliphatic heterocycles. The Bertz CT molecular complexity index is 2790. The second-order valence-electron chi connectivity index (χ2n) is 13.9. The summed E-state index contributed by atoms with van der Waals surface area (Å²) in [6, 6.07) is 38.0. The van der Waals surface area contributed by atoms with E-state index in [-0.39, 0.29) is 11.1 Å². The molecule has 4 aromatic carbocycles. The summed E-state index contributed by atoms with van der Waals surface area (Å²) >= 11 is 0. The average Bonchev–Trinajstić information content (AvgIpc) is 3.25. The van der Waals surface area contributed by atoms with Crippen LogP contribution in [0, 0.1) is 0 Å². The molecule has 0 bridgehead atoms. The number of rotatable bonds is 10. The van der Waals surface area contributed by atoms with Gasteiger partial charge in [-0.25, -0.2) is 19.6 Å². The molecule has 62 heavy (non-hydrogen) atoms. The van der Waals surface area contributed by atoms with Gasteiger partial charge in [-0.2, -0.15) is 0 Å². The molecule has 0 spiro atoms. The zero-order valence-corrected chi connectivity index (χ0v) is 35.6. The lowest BCUT2D eigenvalue weighted by Gasteiger charge is -2.17. The second kappa shape index (κ2) is 20.1. The summed E-state index contributed by atoms with van der Waals surface area (Å²) in [6.07, 6.45) is 0. The fourth-order valence-electron chi connectivity index (χ4n) is 7.39. The minimum atomic E-state index is -3.63. The summed E-state index contributed by atoms with van der Waals surface area (Å²) in [5, 5.41) is 29.8. The highest BCUT2D eigenvalue weighted by Gasteiger charge is 2.23. The van der Waals surface area contributed by atoms with Gasteiger partial charge in [0, 0.05) is 90.9 Å². The van der Waals surface area contributed by atoms with Crippen LogP contribution in [0.25, 0.3) is 66.8 Å². The molecule has 2 aliphatic carbocycles. The monoisotopic (exact) mass is 850 g/mol. The van der Waals surface area contributed by atoms with E-state index in [2.05, 4.69) is 20.6 Å². The Kier molecular flexibility index (Phi) is 14.3. The first-order valence-electron chi connectivity index (χ1n) is 20.1. The quantitative estimate of drug-likeness (QED) is 0.0860. The maximum absolute atomic E-state index is 11.9. The second-order valence-corrected chi connectivity index (χ2v) is 14.4. The number of hydrogen-bond donors (Lipinski definition) is 6. The van der Waals surface area contributed by atoms with Crippen LogP contribution in [0.1, 0.15) is 48.4 Å². The van der Waals surface area contributed by atoms with Gasteiger partial charge >= 0.3 is 11.9 Å². The van der Waals surface area contributed by atoms with Gasteiger partial charge in [-0.05, 0) is 87.4 Å². The Morgan fingerprint density at radius 1 is 0.565 bits per heavy atom. The predicted molar refractivity (Wildman–Crippen MR) is 235 cm³/mol. The number of anilines is 2. The molecule has 0 amide bonds. The lowest BCUT2D eigenvalue weighted by molar-refractivity contribution is -0.496. The van der Waals surface area contributed by atoms with Gasteiger partial charge in [0.05, 0.1) is 23.3 Å². The van der Waals surface area contributed by atoms with Gasteiger partial charge in [0.1, 0.15) is 35.8 Å². The number of nitrogens with one attached hydrogen (secondary N) is 4. The van der Waals surface area contributed by atoms with Crippen molar-refractivity contribution >= 4 is 54.4 Å². The summed E-state index contributed by atoms with van der Waals surface area (Å²) in [4.78, 5) is 47.4. The molecular weight excluding hydrogens is 805 g/mol. The Hall–Kier alpha value is -7.58. The van der Waals surface area contributed by atoms with Crippen molar-refractivity contribution in [2.45, 2.75) is 27.7 Å². The highest BCUT2D eigenvalue weighted by molar-refractivity contribution is 6.17. The van der Waals surface area contributed by atoms with Gasteiger partial charge in [-0.15, -0.1) is 0 Å². The van der Waals surface area contributed by atoms with Crippen LogP contribution in [0.5, 0.6) is 0 Å². The van der Waals surface area contributed by atoms with Crippen LogP contribution in [-0.2, 0) is 4.46 Å². The van der Waals surface area contributed by atoms with Gasteiger partial charge in [-0.1, -0.05) is 36.4 Å². The Morgan fingerprint density at radius 2 is 0.952 bits per heavy atom. The largest absolute Gasteiger partial charge is 0.672 e. The number of fused-ring (bicyclic) bond motifs is 4. The van der Waals surface area contributed by atoms with Crippen molar-refractivity contribution in [3.05, 3.63) is 143 Å². The average molecular weight is 851 g/mol. The summed E-state index contributed by atoms with van der Waals surface area (Å²) < 4.78 is 21.0. The molecule has 14 heteroatoms. The van der Waals surface area contributed by atoms with E-state index in [1.807, 2.05) is 125 Å². The number of carboxylic acid groups (broad SMARTS) is 2. The molecule has 0 saturated heterocycles. The van der Waals surface area contributed by atoms with E-state index >= 15 is 0 Å². The van der Waals surface area contributed by atoms with Gasteiger partial charge in [-0.3, -0.25) is 0 Å². The predicted octanol–water partition coefficient (Wildman–Crippen LogP) is 3.79. The van der Waals surface area contributed by atoms with Gasteiger partial charge in [0.25, 0.3) is 0 Å². The van der Waals surface area contributed by atoms with Crippen LogP contribution >= 0.6 is 0 Å². The molecule has 4 aliphatic rings. The van der Waals surface area contributed by atoms with Crippen molar-refractivity contribution in [2.24, 2.45) is 0 Å². The van der Waals surface area contributed by atoms with Gasteiger partial charge in [0.2, 0.25) is 10.7 Å². The third-order valence-corrected chi connectivity index (χ3v) is 9.82. The zero-order valence-electron chi connectivity index (χ0n) is 34.6. The van der Waals surface area contributed by atoms with Crippen molar-refractivity contribution in [1.29, 1.82) is 0 Å².